The van der Waals surface area contributed by atoms with Gasteiger partial charge < -0.3 is 4.90 Å². The topological polar surface area (TPSA) is 41.9 Å². The lowest BCUT2D eigenvalue weighted by molar-refractivity contribution is 0.747. The summed E-state index contributed by atoms with van der Waals surface area (Å²) in [5.41, 5.74) is 15.0. The minimum atomic E-state index is -0.559. The van der Waals surface area contributed by atoms with Crippen LogP contribution in [-0.2, 0) is 5.41 Å². The minimum Gasteiger partial charge on any atom is -0.310 e. The molecule has 2 heterocycles. The first-order valence-electron chi connectivity index (χ1n) is 19.3. The van der Waals surface area contributed by atoms with Gasteiger partial charge in [-0.25, -0.2) is 15.0 Å². The highest BCUT2D eigenvalue weighted by molar-refractivity contribution is 5.98. The number of rotatable bonds is 5. The molecular formula is C52H36N4. The second-order valence-corrected chi connectivity index (χ2v) is 14.7. The summed E-state index contributed by atoms with van der Waals surface area (Å²) < 4.78 is 0. The van der Waals surface area contributed by atoms with Crippen LogP contribution in [0.1, 0.15) is 46.0 Å². The maximum absolute atomic E-state index is 5.16. The molecule has 8 aromatic rings. The highest BCUT2D eigenvalue weighted by Crippen LogP contribution is 2.64. The molecule has 7 aromatic carbocycles. The molecule has 0 N–H and O–H groups in total. The Morgan fingerprint density at radius 3 is 1.62 bits per heavy atom. The zero-order valence-electron chi connectivity index (χ0n) is 30.6. The normalized spacial score (nSPS) is 15.8. The lowest BCUT2D eigenvalue weighted by Crippen LogP contribution is -2.36. The van der Waals surface area contributed by atoms with Crippen molar-refractivity contribution in [3.05, 3.63) is 234 Å². The first-order chi connectivity index (χ1) is 27.8. The van der Waals surface area contributed by atoms with Crippen LogP contribution in [0.15, 0.2) is 200 Å². The number of hydrogen-bond donors (Lipinski definition) is 0. The zero-order valence-corrected chi connectivity index (χ0v) is 30.6. The van der Waals surface area contributed by atoms with Gasteiger partial charge in [-0.1, -0.05) is 176 Å². The van der Waals surface area contributed by atoms with E-state index in [1.807, 2.05) is 36.4 Å². The third kappa shape index (κ3) is 4.89. The van der Waals surface area contributed by atoms with Crippen LogP contribution >= 0.6 is 0 Å². The number of fused-ring (bicyclic) bond motifs is 9. The van der Waals surface area contributed by atoms with Crippen molar-refractivity contribution in [1.29, 1.82) is 0 Å². The molecule has 1 aromatic heterocycles. The molecule has 0 amide bonds. The zero-order chi connectivity index (χ0) is 37.1. The standard InChI is InChI=1S/C52H36N4/c1-4-18-35(19-5-1)49-53-50(36-20-6-2-7-21-36)55-51(54-49)38-23-16-22-37(34-38)40-27-17-28-42-41-26-10-11-29-43(41)52(48(40)42)44-30-12-14-32-46(44)56(39-24-8-3-9-25-39)47-33-15-13-31-45(47)52/h1-22,24-34,38H,23H2. The molecule has 1 aliphatic heterocycles. The van der Waals surface area contributed by atoms with Gasteiger partial charge >= 0.3 is 0 Å². The maximum atomic E-state index is 5.16. The first kappa shape index (κ1) is 32.3. The number of benzene rings is 7. The molecule has 1 spiro atoms. The van der Waals surface area contributed by atoms with Crippen molar-refractivity contribution in [3.63, 3.8) is 0 Å². The highest BCUT2D eigenvalue weighted by atomic mass is 15.2. The molecule has 4 heteroatoms. The number of nitrogens with zero attached hydrogens (tertiary/aromatic N) is 4. The van der Waals surface area contributed by atoms with Gasteiger partial charge in [-0.3, -0.25) is 0 Å². The second-order valence-electron chi connectivity index (χ2n) is 14.7. The van der Waals surface area contributed by atoms with E-state index in [0.29, 0.717) is 11.6 Å². The molecule has 0 bridgehead atoms. The summed E-state index contributed by atoms with van der Waals surface area (Å²) in [6, 6.07) is 65.1. The number of allylic oxidation sites excluding steroid dienone is 4. The van der Waals surface area contributed by atoms with Crippen molar-refractivity contribution in [2.24, 2.45) is 0 Å². The van der Waals surface area contributed by atoms with Crippen molar-refractivity contribution in [2.45, 2.75) is 17.8 Å². The third-order valence-corrected chi connectivity index (χ3v) is 11.6. The van der Waals surface area contributed by atoms with Crippen molar-refractivity contribution < 1.29 is 0 Å². The molecular weight excluding hydrogens is 681 g/mol. The van der Waals surface area contributed by atoms with E-state index in [1.54, 1.807) is 0 Å². The fraction of sp³-hybridized carbons (Fsp3) is 0.0577. The molecule has 0 fully saturated rings. The molecule has 264 valence electrons. The smallest absolute Gasteiger partial charge is 0.163 e. The van der Waals surface area contributed by atoms with Gasteiger partial charge in [-0.2, -0.15) is 0 Å². The van der Waals surface area contributed by atoms with Crippen LogP contribution in [0.2, 0.25) is 0 Å². The van der Waals surface area contributed by atoms with E-state index in [4.69, 9.17) is 15.0 Å². The quantitative estimate of drug-likeness (QED) is 0.178. The van der Waals surface area contributed by atoms with E-state index in [1.165, 1.54) is 55.9 Å². The molecule has 11 rings (SSSR count). The molecule has 0 saturated heterocycles. The Hall–Kier alpha value is -7.17. The van der Waals surface area contributed by atoms with E-state index in [-0.39, 0.29) is 5.92 Å². The predicted octanol–water partition coefficient (Wildman–Crippen LogP) is 12.5. The van der Waals surface area contributed by atoms with Crippen LogP contribution in [0.3, 0.4) is 0 Å². The first-order valence-corrected chi connectivity index (χ1v) is 19.3. The fourth-order valence-corrected chi connectivity index (χ4v) is 9.29. The largest absolute Gasteiger partial charge is 0.310 e. The summed E-state index contributed by atoms with van der Waals surface area (Å²) in [6.07, 6.45) is 7.79. The van der Waals surface area contributed by atoms with Crippen LogP contribution in [0.5, 0.6) is 0 Å². The molecule has 4 nitrogen and oxygen atoms in total. The molecule has 3 aliphatic rings. The predicted molar refractivity (Wildman–Crippen MR) is 227 cm³/mol. The Labute approximate surface area is 326 Å². The van der Waals surface area contributed by atoms with Gasteiger partial charge in [0.15, 0.2) is 11.6 Å². The summed E-state index contributed by atoms with van der Waals surface area (Å²) in [6.45, 7) is 0. The van der Waals surface area contributed by atoms with Crippen LogP contribution < -0.4 is 4.90 Å². The minimum absolute atomic E-state index is 0.0435. The highest BCUT2D eigenvalue weighted by Gasteiger charge is 2.52. The lowest BCUT2D eigenvalue weighted by Gasteiger charge is -2.45. The SMILES string of the molecule is C1=CC(c2cccc3c2C2(c4ccccc4-3)c3ccccc3N(c3ccccc3)c3ccccc32)=CC(c2nc(-c3ccccc3)nc(-c3ccccc3)n2)C1. The second kappa shape index (κ2) is 13.0. The van der Waals surface area contributed by atoms with Gasteiger partial charge in [0.2, 0.25) is 0 Å². The number of anilines is 3. The van der Waals surface area contributed by atoms with Crippen LogP contribution in [-0.4, -0.2) is 15.0 Å². The molecule has 56 heavy (non-hydrogen) atoms. The van der Waals surface area contributed by atoms with Gasteiger partial charge in [0.1, 0.15) is 5.82 Å². The molecule has 0 radical (unpaired) electrons. The Kier molecular flexibility index (Phi) is 7.49. The van der Waals surface area contributed by atoms with E-state index >= 15 is 0 Å². The van der Waals surface area contributed by atoms with E-state index < -0.39 is 5.41 Å². The van der Waals surface area contributed by atoms with E-state index in [0.717, 1.165) is 29.1 Å². The average Bonchev–Trinajstić information content (AvgIpc) is 3.58. The van der Waals surface area contributed by atoms with Crippen LogP contribution in [0.25, 0.3) is 39.5 Å². The summed E-state index contributed by atoms with van der Waals surface area (Å²) in [5, 5.41) is 0. The molecule has 0 saturated carbocycles. The monoisotopic (exact) mass is 716 g/mol. The van der Waals surface area contributed by atoms with Crippen molar-refractivity contribution in [3.8, 4) is 33.9 Å². The van der Waals surface area contributed by atoms with Crippen LogP contribution in [0, 0.1) is 0 Å². The lowest BCUT2D eigenvalue weighted by atomic mass is 9.63. The van der Waals surface area contributed by atoms with Crippen molar-refractivity contribution in [2.75, 3.05) is 4.90 Å². The Balaban J connectivity index is 1.14. The summed E-state index contributed by atoms with van der Waals surface area (Å²) in [7, 11) is 0. The maximum Gasteiger partial charge on any atom is 0.163 e. The summed E-state index contributed by atoms with van der Waals surface area (Å²) >= 11 is 0. The van der Waals surface area contributed by atoms with E-state index in [2.05, 4.69) is 169 Å². The number of para-hydroxylation sites is 3. The molecule has 1 atom stereocenters. The number of aromatic nitrogens is 3. The van der Waals surface area contributed by atoms with Gasteiger partial charge in [0.25, 0.3) is 0 Å². The van der Waals surface area contributed by atoms with Crippen LogP contribution in [0.4, 0.5) is 17.1 Å². The average molecular weight is 717 g/mol. The molecule has 2 aliphatic carbocycles. The third-order valence-electron chi connectivity index (χ3n) is 11.6. The Bertz CT molecular complexity index is 2740. The fourth-order valence-electron chi connectivity index (χ4n) is 9.29. The van der Waals surface area contributed by atoms with Gasteiger partial charge in [0, 0.05) is 22.7 Å². The van der Waals surface area contributed by atoms with Crippen molar-refractivity contribution in [1.82, 2.24) is 15.0 Å². The Morgan fingerprint density at radius 1 is 0.464 bits per heavy atom. The summed E-state index contributed by atoms with van der Waals surface area (Å²) in [5.74, 6) is 2.11. The van der Waals surface area contributed by atoms with E-state index in [9.17, 15) is 0 Å². The Morgan fingerprint density at radius 2 is 0.982 bits per heavy atom. The molecule has 1 unspecified atom stereocenters. The van der Waals surface area contributed by atoms with Gasteiger partial charge in [0.05, 0.1) is 16.8 Å². The number of hydrogen-bond acceptors (Lipinski definition) is 4. The van der Waals surface area contributed by atoms with Gasteiger partial charge in [-0.15, -0.1) is 0 Å². The van der Waals surface area contributed by atoms with Gasteiger partial charge in [-0.05, 0) is 75.2 Å². The van der Waals surface area contributed by atoms with Crippen molar-refractivity contribution >= 4 is 22.6 Å². The summed E-state index contributed by atoms with van der Waals surface area (Å²) in [4.78, 5) is 17.7.